The van der Waals surface area contributed by atoms with E-state index in [2.05, 4.69) is 17.0 Å². The van der Waals surface area contributed by atoms with Crippen LogP contribution in [0.1, 0.15) is 43.2 Å². The predicted molar refractivity (Wildman–Crippen MR) is 160 cm³/mol. The van der Waals surface area contributed by atoms with Gasteiger partial charge in [-0.15, -0.1) is 0 Å². The van der Waals surface area contributed by atoms with Crippen LogP contribution in [0.2, 0.25) is 10.0 Å². The van der Waals surface area contributed by atoms with Gasteiger partial charge in [-0.3, -0.25) is 0 Å². The lowest BCUT2D eigenvalue weighted by Crippen LogP contribution is -2.44. The standard InChI is InChI=1S/C30H34Cl2N2O3S2/c1-2-34(39(36,37)25-8-4-3-5-9-25)21-24(23-12-13-27(31)28(32)20-23)14-17-33-18-15-30(16-19-33)22-38(35)29-11-7-6-10-26(29)30/h3-13,20,24H,2,14-19,21-22H2,1H3/t24-,38?/m1/s1. The molecule has 208 valence electrons. The zero-order valence-electron chi connectivity index (χ0n) is 22.1. The van der Waals surface area contributed by atoms with Gasteiger partial charge in [-0.1, -0.05) is 72.6 Å². The molecule has 2 aliphatic rings. The van der Waals surface area contributed by atoms with Crippen LogP contribution in [0.5, 0.6) is 0 Å². The van der Waals surface area contributed by atoms with Gasteiger partial charge in [0.1, 0.15) is 5.75 Å². The van der Waals surface area contributed by atoms with Crippen LogP contribution in [0.4, 0.5) is 0 Å². The van der Waals surface area contributed by atoms with Crippen molar-refractivity contribution < 1.29 is 13.0 Å². The third-order valence-electron chi connectivity index (χ3n) is 8.29. The highest BCUT2D eigenvalue weighted by Gasteiger charge is 2.48. The third kappa shape index (κ3) is 6.05. The number of hydrogen-bond donors (Lipinski definition) is 0. The summed E-state index contributed by atoms with van der Waals surface area (Å²) in [6, 6.07) is 22.4. The summed E-state index contributed by atoms with van der Waals surface area (Å²) in [5.74, 6) is 0.670. The molecule has 1 saturated heterocycles. The molecule has 2 heterocycles. The molecule has 0 N–H and O–H groups in total. The number of halogens is 2. The molecule has 2 aliphatic heterocycles. The fourth-order valence-electron chi connectivity index (χ4n) is 5.98. The molecule has 0 aliphatic carbocycles. The summed E-state index contributed by atoms with van der Waals surface area (Å²) in [5.41, 5.74) is 2.25. The number of likely N-dealkylation sites (tertiary alicyclic amines) is 1. The average molecular weight is 606 g/mol. The van der Waals surface area contributed by atoms with Crippen molar-refractivity contribution in [2.24, 2.45) is 0 Å². The first kappa shape index (κ1) is 28.9. The van der Waals surface area contributed by atoms with Crippen molar-refractivity contribution in [3.63, 3.8) is 0 Å². The van der Waals surface area contributed by atoms with E-state index in [1.807, 2.05) is 37.3 Å². The number of piperidine rings is 1. The van der Waals surface area contributed by atoms with Crippen LogP contribution in [0.15, 0.2) is 82.6 Å². The summed E-state index contributed by atoms with van der Waals surface area (Å²) >= 11 is 11.7. The number of sulfonamides is 1. The minimum absolute atomic E-state index is 0.00380. The fourth-order valence-corrected chi connectivity index (χ4v) is 9.66. The van der Waals surface area contributed by atoms with Crippen molar-refractivity contribution in [2.45, 2.75) is 47.3 Å². The molecule has 5 rings (SSSR count). The van der Waals surface area contributed by atoms with Crippen molar-refractivity contribution in [3.8, 4) is 0 Å². The Labute approximate surface area is 245 Å². The van der Waals surface area contributed by atoms with E-state index >= 15 is 0 Å². The van der Waals surface area contributed by atoms with Crippen LogP contribution >= 0.6 is 23.2 Å². The van der Waals surface area contributed by atoms with E-state index in [1.165, 1.54) is 5.56 Å². The minimum Gasteiger partial charge on any atom is -0.611 e. The summed E-state index contributed by atoms with van der Waals surface area (Å²) in [6.07, 6.45) is 2.75. The molecular formula is C30H34Cl2N2O3S2. The molecule has 3 aromatic carbocycles. The molecule has 0 saturated carbocycles. The molecule has 3 aromatic rings. The van der Waals surface area contributed by atoms with Crippen molar-refractivity contribution in [3.05, 3.63) is 94.0 Å². The summed E-state index contributed by atoms with van der Waals surface area (Å²) in [4.78, 5) is 3.77. The molecule has 2 atom stereocenters. The fraction of sp³-hybridized carbons (Fsp3) is 0.400. The highest BCUT2D eigenvalue weighted by Crippen LogP contribution is 2.46. The zero-order chi connectivity index (χ0) is 27.6. The van der Waals surface area contributed by atoms with E-state index in [9.17, 15) is 13.0 Å². The van der Waals surface area contributed by atoms with Crippen LogP contribution in [0, 0.1) is 0 Å². The first-order chi connectivity index (χ1) is 18.7. The Morgan fingerprint density at radius 3 is 2.38 bits per heavy atom. The number of nitrogens with zero attached hydrogens (tertiary/aromatic N) is 2. The van der Waals surface area contributed by atoms with E-state index in [0.717, 1.165) is 55.1 Å². The first-order valence-corrected chi connectivity index (χ1v) is 17.0. The van der Waals surface area contributed by atoms with Crippen molar-refractivity contribution in [1.82, 2.24) is 9.21 Å². The van der Waals surface area contributed by atoms with E-state index in [0.29, 0.717) is 28.0 Å². The van der Waals surface area contributed by atoms with E-state index < -0.39 is 21.2 Å². The van der Waals surface area contributed by atoms with Crippen LogP contribution in [0.3, 0.4) is 0 Å². The molecule has 1 unspecified atom stereocenters. The van der Waals surface area contributed by atoms with Gasteiger partial charge in [-0.05, 0) is 91.9 Å². The zero-order valence-corrected chi connectivity index (χ0v) is 25.2. The first-order valence-electron chi connectivity index (χ1n) is 13.4. The highest BCUT2D eigenvalue weighted by molar-refractivity contribution is 7.91. The van der Waals surface area contributed by atoms with Gasteiger partial charge in [0.25, 0.3) is 0 Å². The highest BCUT2D eigenvalue weighted by atomic mass is 35.5. The van der Waals surface area contributed by atoms with Gasteiger partial charge in [0, 0.05) is 24.1 Å². The van der Waals surface area contributed by atoms with Gasteiger partial charge in [0.05, 0.1) is 14.9 Å². The molecule has 39 heavy (non-hydrogen) atoms. The van der Waals surface area contributed by atoms with Crippen LogP contribution in [-0.2, 0) is 26.6 Å². The van der Waals surface area contributed by atoms with E-state index in [-0.39, 0.29) is 11.3 Å². The van der Waals surface area contributed by atoms with Crippen LogP contribution in [0.25, 0.3) is 0 Å². The Balaban J connectivity index is 1.31. The molecule has 0 radical (unpaired) electrons. The molecule has 0 aromatic heterocycles. The topological polar surface area (TPSA) is 63.7 Å². The molecular weight excluding hydrogens is 571 g/mol. The van der Waals surface area contributed by atoms with Gasteiger partial charge >= 0.3 is 0 Å². The van der Waals surface area contributed by atoms with Gasteiger partial charge in [-0.2, -0.15) is 4.31 Å². The van der Waals surface area contributed by atoms with Gasteiger partial charge < -0.3 is 9.45 Å². The number of rotatable bonds is 9. The normalized spacial score (nSPS) is 19.9. The second-order valence-electron chi connectivity index (χ2n) is 10.5. The quantitative estimate of drug-likeness (QED) is 0.268. The van der Waals surface area contributed by atoms with Gasteiger partial charge in [0.2, 0.25) is 10.0 Å². The number of hydrogen-bond acceptors (Lipinski definition) is 4. The monoisotopic (exact) mass is 604 g/mol. The Kier molecular flexibility index (Phi) is 8.98. The third-order valence-corrected chi connectivity index (χ3v) is 12.6. The lowest BCUT2D eigenvalue weighted by atomic mass is 9.74. The lowest BCUT2D eigenvalue weighted by molar-refractivity contribution is 0.165. The maximum Gasteiger partial charge on any atom is 0.243 e. The maximum atomic E-state index is 13.5. The van der Waals surface area contributed by atoms with Gasteiger partial charge in [-0.25, -0.2) is 8.42 Å². The van der Waals surface area contributed by atoms with E-state index in [4.69, 9.17) is 23.2 Å². The lowest BCUT2D eigenvalue weighted by Gasteiger charge is -2.38. The summed E-state index contributed by atoms with van der Waals surface area (Å²) in [6.45, 7) is 5.31. The van der Waals surface area contributed by atoms with Crippen molar-refractivity contribution >= 4 is 44.4 Å². The smallest absolute Gasteiger partial charge is 0.243 e. The Bertz CT molecular complexity index is 1400. The SMILES string of the molecule is CCN(C[C@@H](CCN1CCC2(CC1)C[S+]([O-])c1ccccc12)c1ccc(Cl)c(Cl)c1)S(=O)(=O)c1ccccc1. The number of benzene rings is 3. The van der Waals surface area contributed by atoms with E-state index in [1.54, 1.807) is 34.6 Å². The second-order valence-corrected chi connectivity index (χ2v) is 14.7. The molecule has 0 bridgehead atoms. The Hall–Kier alpha value is -1.58. The molecule has 5 nitrogen and oxygen atoms in total. The Morgan fingerprint density at radius 1 is 1.00 bits per heavy atom. The summed E-state index contributed by atoms with van der Waals surface area (Å²) in [7, 11) is -3.63. The molecule has 1 spiro atoms. The Morgan fingerprint density at radius 2 is 1.69 bits per heavy atom. The molecule has 0 amide bonds. The maximum absolute atomic E-state index is 13.5. The van der Waals surface area contributed by atoms with Gasteiger partial charge in [0.15, 0.2) is 4.90 Å². The predicted octanol–water partition coefficient (Wildman–Crippen LogP) is 6.33. The van der Waals surface area contributed by atoms with Crippen molar-refractivity contribution in [2.75, 3.05) is 38.5 Å². The largest absolute Gasteiger partial charge is 0.611 e. The summed E-state index contributed by atoms with van der Waals surface area (Å²) in [5, 5.41) is 0.958. The minimum atomic E-state index is -3.63. The number of fused-ring (bicyclic) bond motifs is 2. The van der Waals surface area contributed by atoms with Crippen LogP contribution < -0.4 is 0 Å². The summed E-state index contributed by atoms with van der Waals surface area (Å²) < 4.78 is 41.3. The average Bonchev–Trinajstić information content (AvgIpc) is 3.22. The van der Waals surface area contributed by atoms with Crippen LogP contribution in [-0.4, -0.2) is 60.7 Å². The molecule has 1 fully saturated rings. The molecule has 9 heteroatoms. The van der Waals surface area contributed by atoms with Crippen molar-refractivity contribution in [1.29, 1.82) is 0 Å². The second kappa shape index (κ2) is 12.1. The number of likely N-dealkylation sites (N-methyl/N-ethyl adjacent to an activating group) is 1.